The number of nitrogens with one attached hydrogen (secondary N) is 1. The molecule has 0 atom stereocenters. The molecule has 2 heterocycles. The molecule has 0 radical (unpaired) electrons. The third-order valence-electron chi connectivity index (χ3n) is 6.21. The van der Waals surface area contributed by atoms with Gasteiger partial charge in [0, 0.05) is 74.1 Å². The number of hydrogen-bond acceptors (Lipinski definition) is 6. The number of carbonyl (C=O) groups is 2. The van der Waals surface area contributed by atoms with Crippen LogP contribution in [0.25, 0.3) is 0 Å². The smallest absolute Gasteiger partial charge is 0.340 e. The second-order valence-corrected chi connectivity index (χ2v) is 9.33. The number of rotatable bonds is 4. The van der Waals surface area contributed by atoms with Crippen molar-refractivity contribution in [2.24, 2.45) is 0 Å². The number of fused-ring (bicyclic) bond motifs is 6. The lowest BCUT2D eigenvalue weighted by molar-refractivity contribution is -0.113. The Morgan fingerprint density at radius 3 is 2.00 bits per heavy atom. The van der Waals surface area contributed by atoms with Crippen LogP contribution in [0, 0.1) is 0 Å². The van der Waals surface area contributed by atoms with Crippen molar-refractivity contribution in [2.75, 3.05) is 48.6 Å². The Hall–Kier alpha value is -3.52. The molecule has 0 saturated heterocycles. The molecule has 174 valence electrons. The lowest BCUT2D eigenvalue weighted by Gasteiger charge is -2.37. The van der Waals surface area contributed by atoms with Crippen molar-refractivity contribution in [3.8, 4) is 11.5 Å². The van der Waals surface area contributed by atoms with Gasteiger partial charge in [0.1, 0.15) is 11.5 Å². The number of esters is 1. The maximum Gasteiger partial charge on any atom is 0.340 e. The number of nitrogens with zero attached hydrogens (tertiary/aromatic N) is 2. The van der Waals surface area contributed by atoms with E-state index in [4.69, 9.17) is 9.47 Å². The minimum atomic E-state index is -1.19. The molecule has 0 aromatic heterocycles. The molecule has 1 spiro atoms. The summed E-state index contributed by atoms with van der Waals surface area (Å²) < 4.78 is 12.6. The number of benzene rings is 3. The fraction of sp³-hybridized carbons (Fsp3) is 0.231. The van der Waals surface area contributed by atoms with E-state index in [1.165, 1.54) is 0 Å². The molecule has 5 rings (SSSR count). The topological polar surface area (TPSA) is 71.1 Å². The summed E-state index contributed by atoms with van der Waals surface area (Å²) >= 11 is 3.18. The number of alkyl halides is 1. The van der Waals surface area contributed by atoms with Gasteiger partial charge in [-0.3, -0.25) is 4.79 Å². The summed E-state index contributed by atoms with van der Waals surface area (Å²) in [4.78, 5) is 29.1. The summed E-state index contributed by atoms with van der Waals surface area (Å²) in [5.41, 5.74) is 3.92. The van der Waals surface area contributed by atoms with Gasteiger partial charge in [0.15, 0.2) is 5.60 Å². The van der Waals surface area contributed by atoms with Gasteiger partial charge in [0.25, 0.3) is 0 Å². The largest absolute Gasteiger partial charge is 0.456 e. The first-order valence-electron chi connectivity index (χ1n) is 10.8. The van der Waals surface area contributed by atoms with E-state index in [0.717, 1.165) is 22.5 Å². The molecule has 0 unspecified atom stereocenters. The number of hydrogen-bond donors (Lipinski definition) is 1. The third-order valence-corrected chi connectivity index (χ3v) is 6.72. The molecule has 0 bridgehead atoms. The lowest BCUT2D eigenvalue weighted by Crippen LogP contribution is -2.33. The number of halogens is 1. The molecule has 7 nitrogen and oxygen atoms in total. The van der Waals surface area contributed by atoms with Crippen LogP contribution in [0.5, 0.6) is 11.5 Å². The van der Waals surface area contributed by atoms with Gasteiger partial charge in [-0.25, -0.2) is 4.79 Å². The zero-order valence-electron chi connectivity index (χ0n) is 19.3. The van der Waals surface area contributed by atoms with Crippen molar-refractivity contribution < 1.29 is 19.1 Å². The Morgan fingerprint density at radius 2 is 1.47 bits per heavy atom. The Labute approximate surface area is 206 Å². The van der Waals surface area contributed by atoms with Crippen LogP contribution in [0.1, 0.15) is 27.0 Å². The summed E-state index contributed by atoms with van der Waals surface area (Å²) in [5.74, 6) is 0.633. The van der Waals surface area contributed by atoms with Crippen molar-refractivity contribution >= 4 is 44.9 Å². The number of amides is 1. The molecule has 34 heavy (non-hydrogen) atoms. The minimum absolute atomic E-state index is 0.171. The van der Waals surface area contributed by atoms with Crippen LogP contribution >= 0.6 is 15.9 Å². The average Bonchev–Trinajstić information content (AvgIpc) is 3.10. The number of ether oxygens (including phenoxy) is 2. The van der Waals surface area contributed by atoms with Gasteiger partial charge in [0.2, 0.25) is 5.91 Å². The Bertz CT molecular complexity index is 1280. The van der Waals surface area contributed by atoms with Crippen molar-refractivity contribution in [3.63, 3.8) is 0 Å². The van der Waals surface area contributed by atoms with E-state index in [1.54, 1.807) is 12.1 Å². The molecule has 1 amide bonds. The van der Waals surface area contributed by atoms with Crippen molar-refractivity contribution in [3.05, 3.63) is 76.9 Å². The lowest BCUT2D eigenvalue weighted by atomic mass is 9.77. The Kier molecular flexibility index (Phi) is 5.28. The van der Waals surface area contributed by atoms with E-state index < -0.39 is 11.6 Å². The zero-order valence-corrected chi connectivity index (χ0v) is 20.9. The van der Waals surface area contributed by atoms with Gasteiger partial charge in [-0.15, -0.1) is 0 Å². The minimum Gasteiger partial charge on any atom is -0.456 e. The first kappa shape index (κ1) is 22.3. The molecule has 0 fully saturated rings. The second-order valence-electron chi connectivity index (χ2n) is 8.76. The van der Waals surface area contributed by atoms with Crippen LogP contribution in [-0.4, -0.2) is 45.4 Å². The van der Waals surface area contributed by atoms with Gasteiger partial charge in [0.05, 0.1) is 10.9 Å². The normalized spacial score (nSPS) is 14.4. The van der Waals surface area contributed by atoms with E-state index in [0.29, 0.717) is 28.3 Å². The molecule has 3 aromatic rings. The quantitative estimate of drug-likeness (QED) is 0.395. The third kappa shape index (κ3) is 3.32. The molecule has 8 heteroatoms. The highest BCUT2D eigenvalue weighted by atomic mass is 79.9. The maximum absolute atomic E-state index is 13.1. The summed E-state index contributed by atoms with van der Waals surface area (Å²) in [5, 5.41) is 3.03. The fourth-order valence-electron chi connectivity index (χ4n) is 4.53. The van der Waals surface area contributed by atoms with Crippen LogP contribution in [0.4, 0.5) is 17.1 Å². The molecule has 3 aromatic carbocycles. The number of anilines is 3. The predicted octanol–water partition coefficient (Wildman–Crippen LogP) is 4.72. The Balaban J connectivity index is 1.79. The van der Waals surface area contributed by atoms with Gasteiger partial charge in [-0.2, -0.15) is 0 Å². The van der Waals surface area contributed by atoms with E-state index in [2.05, 4.69) is 21.2 Å². The summed E-state index contributed by atoms with van der Waals surface area (Å²) in [6, 6.07) is 17.0. The molecular formula is C26H24BrN3O4. The van der Waals surface area contributed by atoms with E-state index >= 15 is 0 Å². The standard InChI is InChI=1S/C26H24BrN3O4/c1-29(2)16-6-9-19-22(12-16)33-23-13-17(30(3)4)7-10-20(23)26(19)21-11-15(28-24(31)14-27)5-8-18(21)25(32)34-26/h5-13H,14H2,1-4H3,(H,28,31). The molecule has 1 N–H and O–H groups in total. The van der Waals surface area contributed by atoms with Gasteiger partial charge in [-0.05, 0) is 42.5 Å². The Morgan fingerprint density at radius 1 is 0.882 bits per heavy atom. The van der Waals surface area contributed by atoms with Crippen LogP contribution in [0.15, 0.2) is 54.6 Å². The summed E-state index contributed by atoms with van der Waals surface area (Å²) in [6.07, 6.45) is 0. The second kappa shape index (κ2) is 8.06. The summed E-state index contributed by atoms with van der Waals surface area (Å²) in [6.45, 7) is 0. The van der Waals surface area contributed by atoms with Crippen LogP contribution in [-0.2, 0) is 15.1 Å². The van der Waals surface area contributed by atoms with Gasteiger partial charge in [-0.1, -0.05) is 15.9 Å². The molecule has 2 aliphatic rings. The SMILES string of the molecule is CN(C)c1ccc2c(c1)Oc1cc(N(C)C)ccc1C21OC(=O)c2ccc(NC(=O)CBr)cc21. The fourth-order valence-corrected chi connectivity index (χ4v) is 4.67. The first-order chi connectivity index (χ1) is 16.2. The highest BCUT2D eigenvalue weighted by Crippen LogP contribution is 2.57. The predicted molar refractivity (Wildman–Crippen MR) is 136 cm³/mol. The van der Waals surface area contributed by atoms with Crippen LogP contribution < -0.4 is 19.9 Å². The average molecular weight is 522 g/mol. The molecule has 0 saturated carbocycles. The van der Waals surface area contributed by atoms with Gasteiger partial charge >= 0.3 is 5.97 Å². The monoisotopic (exact) mass is 521 g/mol. The number of carbonyl (C=O) groups excluding carboxylic acids is 2. The van der Waals surface area contributed by atoms with E-state index in [-0.39, 0.29) is 11.2 Å². The molecular weight excluding hydrogens is 498 g/mol. The van der Waals surface area contributed by atoms with Crippen molar-refractivity contribution in [1.29, 1.82) is 0 Å². The van der Waals surface area contributed by atoms with Crippen molar-refractivity contribution in [1.82, 2.24) is 0 Å². The van der Waals surface area contributed by atoms with Crippen LogP contribution in [0.2, 0.25) is 0 Å². The van der Waals surface area contributed by atoms with Crippen molar-refractivity contribution in [2.45, 2.75) is 5.60 Å². The van der Waals surface area contributed by atoms with Crippen LogP contribution in [0.3, 0.4) is 0 Å². The first-order valence-corrected chi connectivity index (χ1v) is 11.9. The molecule has 0 aliphatic carbocycles. The molecule has 2 aliphatic heterocycles. The zero-order chi connectivity index (χ0) is 24.2. The highest BCUT2D eigenvalue weighted by molar-refractivity contribution is 9.09. The summed E-state index contributed by atoms with van der Waals surface area (Å²) in [7, 11) is 7.84. The van der Waals surface area contributed by atoms with E-state index in [1.807, 2.05) is 80.5 Å². The highest BCUT2D eigenvalue weighted by Gasteiger charge is 2.53. The van der Waals surface area contributed by atoms with E-state index in [9.17, 15) is 9.59 Å². The maximum atomic E-state index is 13.1. The van der Waals surface area contributed by atoms with Gasteiger partial charge < -0.3 is 24.6 Å².